The molecule has 0 aromatic heterocycles. The monoisotopic (exact) mass is 480 g/mol. The molecule has 0 saturated carbocycles. The molecule has 2 rings (SSSR count). The number of benzene rings is 2. The fourth-order valence-corrected chi connectivity index (χ4v) is 2.62. The van der Waals surface area contributed by atoms with Crippen LogP contribution in [0.5, 0.6) is 11.5 Å². The summed E-state index contributed by atoms with van der Waals surface area (Å²) in [5.74, 6) is -0.461. The van der Waals surface area contributed by atoms with E-state index in [0.717, 1.165) is 11.1 Å². The number of carbonyl (C=O) groups is 3. The molecule has 0 aliphatic carbocycles. The molecule has 0 heterocycles. The molecule has 7 nitrogen and oxygen atoms in total. The summed E-state index contributed by atoms with van der Waals surface area (Å²) < 4.78 is 21.7. The van der Waals surface area contributed by atoms with Gasteiger partial charge < -0.3 is 18.9 Å². The number of hydrogen-bond acceptors (Lipinski definition) is 7. The highest BCUT2D eigenvalue weighted by Crippen LogP contribution is 2.25. The highest BCUT2D eigenvalue weighted by Gasteiger charge is 2.25. The Morgan fingerprint density at radius 3 is 1.66 bits per heavy atom. The molecule has 0 aliphatic heterocycles. The van der Waals surface area contributed by atoms with E-state index in [9.17, 15) is 14.4 Å². The van der Waals surface area contributed by atoms with Crippen LogP contribution in [-0.4, -0.2) is 37.2 Å². The molecule has 0 fully saturated rings. The second-order valence-corrected chi connectivity index (χ2v) is 9.19. The second kappa shape index (κ2) is 12.0. The van der Waals surface area contributed by atoms with Gasteiger partial charge in [0.1, 0.15) is 24.7 Å². The third-order valence-electron chi connectivity index (χ3n) is 4.67. The van der Waals surface area contributed by atoms with Crippen LogP contribution in [0.1, 0.15) is 34.6 Å². The zero-order valence-electron chi connectivity index (χ0n) is 20.9. The Hall–Kier alpha value is -3.87. The second-order valence-electron chi connectivity index (χ2n) is 9.19. The molecule has 7 heteroatoms. The molecule has 35 heavy (non-hydrogen) atoms. The van der Waals surface area contributed by atoms with Crippen molar-refractivity contribution in [3.63, 3.8) is 0 Å². The molecule has 1 unspecified atom stereocenters. The summed E-state index contributed by atoms with van der Waals surface area (Å²) in [5.41, 5.74) is 1.75. The Bertz CT molecular complexity index is 1070. The van der Waals surface area contributed by atoms with Crippen LogP contribution in [0.2, 0.25) is 0 Å². The average Bonchev–Trinajstić information content (AvgIpc) is 2.80. The van der Waals surface area contributed by atoms with Crippen LogP contribution >= 0.6 is 0 Å². The van der Waals surface area contributed by atoms with E-state index >= 15 is 0 Å². The molecule has 0 N–H and O–H groups in total. The van der Waals surface area contributed by atoms with Gasteiger partial charge in [0, 0.05) is 11.1 Å². The fourth-order valence-electron chi connectivity index (χ4n) is 2.62. The standard InChI is InChI=1S/C28H32O7/c1-18(2)25(29)32-16-24(17-33-27(31)28(5,6)7)34-22-12-8-20(9-13-22)21-10-14-23(15-11-21)35-26(30)19(3)4/h8-15,24H,1,3,16-17H2,2,4-7H3. The molecule has 0 saturated heterocycles. The van der Waals surface area contributed by atoms with Crippen molar-refractivity contribution in [1.29, 1.82) is 0 Å². The molecule has 0 amide bonds. The van der Waals surface area contributed by atoms with Gasteiger partial charge in [0.2, 0.25) is 0 Å². The maximum absolute atomic E-state index is 12.2. The van der Waals surface area contributed by atoms with Gasteiger partial charge in [0.15, 0.2) is 6.10 Å². The van der Waals surface area contributed by atoms with Crippen molar-refractivity contribution >= 4 is 17.9 Å². The molecule has 0 aliphatic rings. The first-order valence-corrected chi connectivity index (χ1v) is 11.1. The number of carbonyl (C=O) groups excluding carboxylic acids is 3. The van der Waals surface area contributed by atoms with Crippen LogP contribution in [0.25, 0.3) is 11.1 Å². The smallest absolute Gasteiger partial charge is 0.338 e. The quantitative estimate of drug-likeness (QED) is 0.259. The van der Waals surface area contributed by atoms with E-state index in [1.807, 2.05) is 24.3 Å². The molecular weight excluding hydrogens is 448 g/mol. The van der Waals surface area contributed by atoms with Crippen molar-refractivity contribution in [2.75, 3.05) is 13.2 Å². The first kappa shape index (κ1) is 27.4. The Balaban J connectivity index is 2.07. The number of ether oxygens (including phenoxy) is 4. The first-order valence-electron chi connectivity index (χ1n) is 11.1. The van der Waals surface area contributed by atoms with Crippen LogP contribution in [0.15, 0.2) is 72.8 Å². The maximum atomic E-state index is 12.2. The Morgan fingerprint density at radius 2 is 1.20 bits per heavy atom. The highest BCUT2D eigenvalue weighted by molar-refractivity contribution is 5.89. The minimum Gasteiger partial charge on any atom is -0.483 e. The van der Waals surface area contributed by atoms with E-state index in [1.54, 1.807) is 58.9 Å². The summed E-state index contributed by atoms with van der Waals surface area (Å²) in [4.78, 5) is 35.6. The van der Waals surface area contributed by atoms with Crippen molar-refractivity contribution in [2.24, 2.45) is 5.41 Å². The number of hydrogen-bond donors (Lipinski definition) is 0. The molecule has 0 spiro atoms. The van der Waals surface area contributed by atoms with Crippen LogP contribution in [0.4, 0.5) is 0 Å². The lowest BCUT2D eigenvalue weighted by molar-refractivity contribution is -0.157. The Morgan fingerprint density at radius 1 is 0.743 bits per heavy atom. The van der Waals surface area contributed by atoms with E-state index in [2.05, 4.69) is 13.2 Å². The van der Waals surface area contributed by atoms with Gasteiger partial charge in [-0.3, -0.25) is 4.79 Å². The minimum absolute atomic E-state index is 0.0777. The summed E-state index contributed by atoms with van der Waals surface area (Å²) in [5, 5.41) is 0. The van der Waals surface area contributed by atoms with Crippen molar-refractivity contribution in [2.45, 2.75) is 40.7 Å². The zero-order valence-corrected chi connectivity index (χ0v) is 20.9. The van der Waals surface area contributed by atoms with Crippen molar-refractivity contribution in [3.8, 4) is 22.6 Å². The Kier molecular flexibility index (Phi) is 9.40. The SMILES string of the molecule is C=C(C)C(=O)OCC(COC(=O)C(C)(C)C)Oc1ccc(-c2ccc(OC(=O)C(=C)C)cc2)cc1. The van der Waals surface area contributed by atoms with Gasteiger partial charge in [0.25, 0.3) is 0 Å². The first-order chi connectivity index (χ1) is 16.4. The predicted octanol–water partition coefficient (Wildman–Crippen LogP) is 5.29. The molecule has 0 radical (unpaired) electrons. The van der Waals surface area contributed by atoms with Crippen molar-refractivity contribution in [3.05, 3.63) is 72.8 Å². The Labute approximate surface area is 206 Å². The van der Waals surface area contributed by atoms with E-state index in [4.69, 9.17) is 18.9 Å². The third-order valence-corrected chi connectivity index (χ3v) is 4.67. The lowest BCUT2D eigenvalue weighted by Crippen LogP contribution is -2.33. The van der Waals surface area contributed by atoms with Gasteiger partial charge in [-0.05, 0) is 70.0 Å². The van der Waals surface area contributed by atoms with Crippen LogP contribution < -0.4 is 9.47 Å². The van der Waals surface area contributed by atoms with E-state index in [0.29, 0.717) is 17.1 Å². The molecule has 2 aromatic rings. The van der Waals surface area contributed by atoms with E-state index < -0.39 is 23.5 Å². The molecule has 0 bridgehead atoms. The van der Waals surface area contributed by atoms with Crippen molar-refractivity contribution in [1.82, 2.24) is 0 Å². The summed E-state index contributed by atoms with van der Waals surface area (Å²) in [6.07, 6.45) is -0.697. The lowest BCUT2D eigenvalue weighted by atomic mass is 9.97. The third kappa shape index (κ3) is 8.77. The normalized spacial score (nSPS) is 11.7. The van der Waals surface area contributed by atoms with E-state index in [1.165, 1.54) is 0 Å². The lowest BCUT2D eigenvalue weighted by Gasteiger charge is -2.22. The summed E-state index contributed by atoms with van der Waals surface area (Å²) in [6.45, 7) is 15.3. The average molecular weight is 481 g/mol. The zero-order chi connectivity index (χ0) is 26.2. The topological polar surface area (TPSA) is 88.1 Å². The van der Waals surface area contributed by atoms with Gasteiger partial charge >= 0.3 is 17.9 Å². The van der Waals surface area contributed by atoms with Crippen LogP contribution in [-0.2, 0) is 23.9 Å². The largest absolute Gasteiger partial charge is 0.483 e. The molecule has 1 atom stereocenters. The van der Waals surface area contributed by atoms with E-state index in [-0.39, 0.29) is 24.8 Å². The van der Waals surface area contributed by atoms with Gasteiger partial charge in [-0.1, -0.05) is 37.4 Å². The van der Waals surface area contributed by atoms with Crippen LogP contribution in [0.3, 0.4) is 0 Å². The minimum atomic E-state index is -0.697. The highest BCUT2D eigenvalue weighted by atomic mass is 16.6. The number of esters is 3. The van der Waals surface area contributed by atoms with Gasteiger partial charge in [-0.2, -0.15) is 0 Å². The fraction of sp³-hybridized carbons (Fsp3) is 0.321. The van der Waals surface area contributed by atoms with Gasteiger partial charge in [0.05, 0.1) is 5.41 Å². The van der Waals surface area contributed by atoms with Gasteiger partial charge in [-0.15, -0.1) is 0 Å². The van der Waals surface area contributed by atoms with Gasteiger partial charge in [-0.25, -0.2) is 9.59 Å². The van der Waals surface area contributed by atoms with Crippen LogP contribution in [0, 0.1) is 5.41 Å². The summed E-state index contributed by atoms with van der Waals surface area (Å²) in [7, 11) is 0. The molecular formula is C28H32O7. The summed E-state index contributed by atoms with van der Waals surface area (Å²) >= 11 is 0. The maximum Gasteiger partial charge on any atom is 0.338 e. The molecule has 2 aromatic carbocycles. The number of rotatable bonds is 10. The summed E-state index contributed by atoms with van der Waals surface area (Å²) in [6, 6.07) is 14.3. The predicted molar refractivity (Wildman–Crippen MR) is 133 cm³/mol. The molecule has 186 valence electrons. The van der Waals surface area contributed by atoms with Crippen molar-refractivity contribution < 1.29 is 33.3 Å².